The van der Waals surface area contributed by atoms with E-state index in [1.54, 1.807) is 18.2 Å². The number of anilines is 2. The van der Waals surface area contributed by atoms with Gasteiger partial charge >= 0.3 is 0 Å². The summed E-state index contributed by atoms with van der Waals surface area (Å²) in [7, 11) is 0. The summed E-state index contributed by atoms with van der Waals surface area (Å²) in [6.45, 7) is 6.18. The summed E-state index contributed by atoms with van der Waals surface area (Å²) in [6, 6.07) is 5.30. The van der Waals surface area contributed by atoms with Crippen LogP contribution in [0.4, 0.5) is 10.8 Å². The van der Waals surface area contributed by atoms with Gasteiger partial charge in [0.15, 0.2) is 5.78 Å². The minimum Gasteiger partial charge on any atom is -0.487 e. The summed E-state index contributed by atoms with van der Waals surface area (Å²) in [6.07, 6.45) is 0.743. The van der Waals surface area contributed by atoms with Gasteiger partial charge in [0.25, 0.3) is 0 Å². The topological polar surface area (TPSA) is 84.4 Å². The normalized spacial score (nSPS) is 16.1. The summed E-state index contributed by atoms with van der Waals surface area (Å²) in [4.78, 5) is 26.0. The second-order valence-corrected chi connectivity index (χ2v) is 7.01. The van der Waals surface area contributed by atoms with Crippen molar-refractivity contribution in [2.24, 2.45) is 0 Å². The number of amides is 1. The maximum Gasteiger partial charge on any atom is 0.245 e. The molecule has 2 aromatic rings. The first kappa shape index (κ1) is 17.3. The fraction of sp³-hybridized carbons (Fsp3) is 0.412. The number of Topliss-reactive ketones (excluding diaryl/α,β-unsaturated/α-hetero) is 1. The predicted octanol–water partition coefficient (Wildman–Crippen LogP) is 2.53. The van der Waals surface area contributed by atoms with Gasteiger partial charge in [-0.1, -0.05) is 18.3 Å². The molecular weight excluding hydrogens is 340 g/mol. The summed E-state index contributed by atoms with van der Waals surface area (Å²) in [5.74, 6) is 0.486. The van der Waals surface area contributed by atoms with E-state index in [-0.39, 0.29) is 24.3 Å². The Morgan fingerprint density at radius 2 is 2.20 bits per heavy atom. The Morgan fingerprint density at radius 1 is 1.40 bits per heavy atom. The number of carbonyl (C=O) groups excluding carboxylic acids is 2. The third-order valence-electron chi connectivity index (χ3n) is 3.86. The van der Waals surface area contributed by atoms with E-state index in [2.05, 4.69) is 15.5 Å². The molecule has 1 unspecified atom stereocenters. The number of nitrogens with zero attached hydrogens (tertiary/aromatic N) is 3. The van der Waals surface area contributed by atoms with Crippen molar-refractivity contribution in [2.45, 2.75) is 33.3 Å². The first-order valence-electron chi connectivity index (χ1n) is 8.15. The Hall–Kier alpha value is -2.48. The molecule has 25 heavy (non-hydrogen) atoms. The van der Waals surface area contributed by atoms with Gasteiger partial charge in [0.1, 0.15) is 16.9 Å². The van der Waals surface area contributed by atoms with E-state index >= 15 is 0 Å². The molecule has 1 amide bonds. The van der Waals surface area contributed by atoms with Crippen molar-refractivity contribution < 1.29 is 14.3 Å². The standard InChI is InChI=1S/C17H20N4O3S/c1-4-16-19-20-17(25-16)18-15(23)9-21-8-10(2)24-14-6-5-12(11(3)22)7-13(14)21/h5-7,10H,4,8-9H2,1-3H3,(H,18,20,23). The Bertz CT molecular complexity index is 805. The van der Waals surface area contributed by atoms with Gasteiger partial charge in [-0.3, -0.25) is 14.9 Å². The van der Waals surface area contributed by atoms with E-state index in [0.717, 1.165) is 17.1 Å². The maximum absolute atomic E-state index is 12.4. The van der Waals surface area contributed by atoms with Gasteiger partial charge in [-0.25, -0.2) is 0 Å². The van der Waals surface area contributed by atoms with Crippen molar-refractivity contribution in [2.75, 3.05) is 23.3 Å². The zero-order chi connectivity index (χ0) is 18.0. The SMILES string of the molecule is CCc1nnc(NC(=O)CN2CC(C)Oc3ccc(C(C)=O)cc32)s1. The van der Waals surface area contributed by atoms with Crippen molar-refractivity contribution in [3.63, 3.8) is 0 Å². The highest BCUT2D eigenvalue weighted by molar-refractivity contribution is 7.15. The van der Waals surface area contributed by atoms with Crippen LogP contribution >= 0.6 is 11.3 Å². The molecular formula is C17H20N4O3S. The number of aromatic nitrogens is 2. The average Bonchev–Trinajstić information content (AvgIpc) is 3.01. The number of ketones is 1. The first-order valence-corrected chi connectivity index (χ1v) is 8.96. The van der Waals surface area contributed by atoms with Crippen LogP contribution in [0.3, 0.4) is 0 Å². The first-order chi connectivity index (χ1) is 12.0. The van der Waals surface area contributed by atoms with Crippen molar-refractivity contribution in [3.8, 4) is 5.75 Å². The number of rotatable bonds is 5. The Labute approximate surface area is 150 Å². The van der Waals surface area contributed by atoms with Gasteiger partial charge < -0.3 is 9.64 Å². The van der Waals surface area contributed by atoms with Gasteiger partial charge in [0.2, 0.25) is 11.0 Å². The van der Waals surface area contributed by atoms with Crippen LogP contribution in [0.5, 0.6) is 5.75 Å². The van der Waals surface area contributed by atoms with Crippen LogP contribution < -0.4 is 15.0 Å². The molecule has 0 saturated heterocycles. The number of benzene rings is 1. The van der Waals surface area contributed by atoms with Gasteiger partial charge in [0.05, 0.1) is 18.8 Å². The molecule has 7 nitrogen and oxygen atoms in total. The number of hydrogen-bond acceptors (Lipinski definition) is 7. The van der Waals surface area contributed by atoms with E-state index in [4.69, 9.17) is 4.74 Å². The molecule has 0 fully saturated rings. The molecule has 1 N–H and O–H groups in total. The second-order valence-electron chi connectivity index (χ2n) is 5.95. The molecule has 1 atom stereocenters. The molecule has 0 saturated carbocycles. The quantitative estimate of drug-likeness (QED) is 0.825. The molecule has 0 bridgehead atoms. The molecule has 132 valence electrons. The highest BCUT2D eigenvalue weighted by Gasteiger charge is 2.25. The number of nitrogens with one attached hydrogen (secondary N) is 1. The highest BCUT2D eigenvalue weighted by Crippen LogP contribution is 2.34. The molecule has 1 aromatic carbocycles. The molecule has 1 aromatic heterocycles. The summed E-state index contributed by atoms with van der Waals surface area (Å²) >= 11 is 1.37. The van der Waals surface area contributed by atoms with Crippen LogP contribution in [-0.2, 0) is 11.2 Å². The number of hydrogen-bond donors (Lipinski definition) is 1. The summed E-state index contributed by atoms with van der Waals surface area (Å²) < 4.78 is 5.81. The van der Waals surface area contributed by atoms with Crippen LogP contribution in [0.1, 0.15) is 36.1 Å². The van der Waals surface area contributed by atoms with Crippen LogP contribution in [0.15, 0.2) is 18.2 Å². The van der Waals surface area contributed by atoms with Crippen LogP contribution in [0.2, 0.25) is 0 Å². The third-order valence-corrected chi connectivity index (χ3v) is 4.84. The van der Waals surface area contributed by atoms with Crippen molar-refractivity contribution >= 4 is 33.8 Å². The molecule has 0 spiro atoms. The fourth-order valence-electron chi connectivity index (χ4n) is 2.67. The Balaban J connectivity index is 1.76. The zero-order valence-corrected chi connectivity index (χ0v) is 15.2. The van der Waals surface area contributed by atoms with Gasteiger partial charge in [-0.2, -0.15) is 0 Å². The van der Waals surface area contributed by atoms with Gasteiger partial charge in [-0.15, -0.1) is 10.2 Å². The molecule has 0 aliphatic carbocycles. The lowest BCUT2D eigenvalue weighted by atomic mass is 10.1. The Kier molecular flexibility index (Phi) is 4.98. The minimum absolute atomic E-state index is 0.0215. The second kappa shape index (κ2) is 7.18. The third kappa shape index (κ3) is 3.96. The van der Waals surface area contributed by atoms with E-state index in [9.17, 15) is 9.59 Å². The average molecular weight is 360 g/mol. The molecule has 0 radical (unpaired) electrons. The molecule has 1 aliphatic heterocycles. The van der Waals surface area contributed by atoms with Crippen molar-refractivity contribution in [1.29, 1.82) is 0 Å². The van der Waals surface area contributed by atoms with Crippen LogP contribution in [-0.4, -0.2) is 41.1 Å². The monoisotopic (exact) mass is 360 g/mol. The van der Waals surface area contributed by atoms with E-state index in [1.165, 1.54) is 18.3 Å². The highest BCUT2D eigenvalue weighted by atomic mass is 32.1. The summed E-state index contributed by atoms with van der Waals surface area (Å²) in [5, 5.41) is 12.1. The lowest BCUT2D eigenvalue weighted by Gasteiger charge is -2.34. The molecule has 8 heteroatoms. The predicted molar refractivity (Wildman–Crippen MR) is 96.7 cm³/mol. The lowest BCUT2D eigenvalue weighted by molar-refractivity contribution is -0.115. The van der Waals surface area contributed by atoms with Gasteiger partial charge in [-0.05, 0) is 38.5 Å². The van der Waals surface area contributed by atoms with Crippen LogP contribution in [0.25, 0.3) is 0 Å². The summed E-state index contributed by atoms with van der Waals surface area (Å²) in [5.41, 5.74) is 1.35. The van der Waals surface area contributed by atoms with E-state index < -0.39 is 0 Å². The number of aryl methyl sites for hydroxylation is 1. The molecule has 3 rings (SSSR count). The van der Waals surface area contributed by atoms with Crippen LogP contribution in [0, 0.1) is 0 Å². The van der Waals surface area contributed by atoms with Crippen molar-refractivity contribution in [3.05, 3.63) is 28.8 Å². The van der Waals surface area contributed by atoms with Crippen molar-refractivity contribution in [1.82, 2.24) is 10.2 Å². The zero-order valence-electron chi connectivity index (χ0n) is 14.4. The lowest BCUT2D eigenvalue weighted by Crippen LogP contribution is -2.42. The minimum atomic E-state index is -0.174. The maximum atomic E-state index is 12.4. The number of ether oxygens (including phenoxy) is 1. The van der Waals surface area contributed by atoms with Gasteiger partial charge in [0, 0.05) is 5.56 Å². The van der Waals surface area contributed by atoms with E-state index in [0.29, 0.717) is 23.0 Å². The smallest absolute Gasteiger partial charge is 0.245 e. The number of carbonyl (C=O) groups is 2. The Morgan fingerprint density at radius 3 is 2.88 bits per heavy atom. The molecule has 2 heterocycles. The number of fused-ring (bicyclic) bond motifs is 1. The van der Waals surface area contributed by atoms with E-state index in [1.807, 2.05) is 18.7 Å². The molecule has 1 aliphatic rings. The largest absolute Gasteiger partial charge is 0.487 e. The fourth-order valence-corrected chi connectivity index (χ4v) is 3.37.